The molecule has 4 rings (SSSR count). The highest BCUT2D eigenvalue weighted by Crippen LogP contribution is 2.42. The van der Waals surface area contributed by atoms with E-state index in [2.05, 4.69) is 93.3 Å². The minimum Gasteiger partial charge on any atom is -0.507 e. The van der Waals surface area contributed by atoms with E-state index in [9.17, 15) is 10.2 Å². The van der Waals surface area contributed by atoms with Crippen LogP contribution < -0.4 is 10.6 Å². The Balaban J connectivity index is 1.60. The van der Waals surface area contributed by atoms with E-state index in [-0.39, 0.29) is 10.9 Å². The fourth-order valence-corrected chi connectivity index (χ4v) is 8.50. The number of rotatable bonds is 6. The van der Waals surface area contributed by atoms with Crippen LogP contribution in [-0.2, 0) is 13.1 Å². The summed E-state index contributed by atoms with van der Waals surface area (Å²) >= 11 is 5.03. The quantitative estimate of drug-likeness (QED) is 0.268. The first-order chi connectivity index (χ1) is 15.7. The lowest BCUT2D eigenvalue weighted by Crippen LogP contribution is -2.39. The van der Waals surface area contributed by atoms with Gasteiger partial charge in [0.1, 0.15) is 11.5 Å². The molecule has 0 amide bonds. The molecule has 176 valence electrons. The van der Waals surface area contributed by atoms with Gasteiger partial charge in [-0.15, -0.1) is 0 Å². The minimum absolute atomic E-state index is 0.228. The van der Waals surface area contributed by atoms with Crippen molar-refractivity contribution in [3.8, 4) is 11.5 Å². The first-order valence-electron chi connectivity index (χ1n) is 11.6. The average molecular weight is 706 g/mol. The molecule has 1 aliphatic carbocycles. The van der Waals surface area contributed by atoms with E-state index >= 15 is 0 Å². The maximum atomic E-state index is 10.8. The molecule has 0 bridgehead atoms. The van der Waals surface area contributed by atoms with Crippen molar-refractivity contribution >= 4 is 80.7 Å². The van der Waals surface area contributed by atoms with E-state index in [0.29, 0.717) is 23.6 Å². The van der Waals surface area contributed by atoms with Gasteiger partial charge in [-0.2, -0.15) is 0 Å². The van der Waals surface area contributed by atoms with Crippen molar-refractivity contribution in [3.05, 3.63) is 46.5 Å². The Morgan fingerprint density at radius 1 is 0.818 bits per heavy atom. The van der Waals surface area contributed by atoms with Crippen LogP contribution in [0.3, 0.4) is 0 Å². The molecule has 1 heterocycles. The lowest BCUT2D eigenvalue weighted by atomic mass is 9.89. The number of aryl methyl sites for hydroxylation is 2. The third-order valence-corrected chi connectivity index (χ3v) is 12.5. The highest BCUT2D eigenvalue weighted by molar-refractivity contribution is 14.2. The van der Waals surface area contributed by atoms with Crippen LogP contribution in [0.15, 0.2) is 24.3 Å². The molecule has 1 saturated carbocycles. The van der Waals surface area contributed by atoms with Crippen LogP contribution in [0.2, 0.25) is 0 Å². The summed E-state index contributed by atoms with van der Waals surface area (Å²) in [5.74, 6) is 0.911. The maximum Gasteiger partial charge on any atom is 0.152 e. The summed E-state index contributed by atoms with van der Waals surface area (Å²) in [5, 5.41) is 24.4. The predicted octanol–water partition coefficient (Wildman–Crippen LogP) is 4.31. The van der Waals surface area contributed by atoms with E-state index < -0.39 is 0 Å². The van der Waals surface area contributed by atoms with Gasteiger partial charge in [-0.1, -0.05) is 67.8 Å². The Hall–Kier alpha value is 0.410. The molecule has 1 saturated heterocycles. The topological polar surface area (TPSA) is 46.9 Å². The lowest BCUT2D eigenvalue weighted by Gasteiger charge is -2.33. The smallest absolute Gasteiger partial charge is 0.152 e. The van der Waals surface area contributed by atoms with Gasteiger partial charge < -0.3 is 10.2 Å². The fraction of sp³-hybridized carbons (Fsp3) is 0.478. The second-order valence-corrected chi connectivity index (χ2v) is 21.2. The molecule has 4 atom stereocenters. The van der Waals surface area contributed by atoms with Gasteiger partial charge in [-0.25, -0.2) is 0 Å². The summed E-state index contributed by atoms with van der Waals surface area (Å²) in [4.78, 5) is 5.15. The number of nitrogens with zero attached hydrogens (tertiary/aromatic N) is 2. The lowest BCUT2D eigenvalue weighted by molar-refractivity contribution is 0.196. The molecule has 0 aromatic heterocycles. The first-order valence-corrected chi connectivity index (χ1v) is 20.7. The number of halogens is 2. The number of aromatic hydroxyl groups is 2. The summed E-state index contributed by atoms with van der Waals surface area (Å²) in [7, 11) is 4.53. The van der Waals surface area contributed by atoms with Crippen LogP contribution in [0.1, 0.15) is 47.9 Å². The van der Waals surface area contributed by atoms with Crippen LogP contribution in [-0.4, -0.2) is 53.9 Å². The standard InChI is InChI=1S/C23H32B2I2N2O2P2/c1-14-7-18(32(24)26)9-16(22(14)30)11-28-13-29(21-6-4-3-5-20(21)28)12-17-10-19(33(25)27)8-15(2)23(17)31/h7-10,20-21,30-31H,3-6,11-13,24-25H2,1-2H3. The van der Waals surface area contributed by atoms with Gasteiger partial charge >= 0.3 is 0 Å². The van der Waals surface area contributed by atoms with Gasteiger partial charge in [-0.3, -0.25) is 9.80 Å². The number of hydrogen-bond acceptors (Lipinski definition) is 4. The van der Waals surface area contributed by atoms with Crippen LogP contribution >= 0.6 is 55.0 Å². The van der Waals surface area contributed by atoms with Crippen LogP contribution in [0.5, 0.6) is 11.5 Å². The SMILES string of the molecule is BP(I)c1cc(C)c(O)c(CN2CN(Cc3cc(P(B)I)cc(C)c3O)C3CCCCC32)c1. The van der Waals surface area contributed by atoms with Crippen LogP contribution in [0.25, 0.3) is 0 Å². The molecule has 2 aliphatic rings. The van der Waals surface area contributed by atoms with Gasteiger partial charge in [0.25, 0.3) is 0 Å². The molecule has 4 unspecified atom stereocenters. The van der Waals surface area contributed by atoms with E-state index in [4.69, 9.17) is 0 Å². The summed E-state index contributed by atoms with van der Waals surface area (Å²) in [6, 6.07) is 9.77. The van der Waals surface area contributed by atoms with Crippen LogP contribution in [0, 0.1) is 13.8 Å². The summed E-state index contributed by atoms with van der Waals surface area (Å²) in [6.45, 7) is 6.50. The zero-order valence-corrected chi connectivity index (χ0v) is 26.0. The number of fused-ring (bicyclic) bond motifs is 1. The predicted molar refractivity (Wildman–Crippen MR) is 166 cm³/mol. The summed E-state index contributed by atoms with van der Waals surface area (Å²) in [5.41, 5.74) is 3.63. The van der Waals surface area contributed by atoms with Crippen molar-refractivity contribution in [1.29, 1.82) is 0 Å². The molecule has 1 aliphatic heterocycles. The zero-order valence-electron chi connectivity index (χ0n) is 19.9. The Bertz CT molecular complexity index is 949. The summed E-state index contributed by atoms with van der Waals surface area (Å²) < 4.78 is 0. The zero-order chi connectivity index (χ0) is 23.9. The largest absolute Gasteiger partial charge is 0.507 e. The number of hydrogen-bond donors (Lipinski definition) is 2. The molecule has 0 spiro atoms. The molecule has 0 radical (unpaired) electrons. The van der Waals surface area contributed by atoms with E-state index in [1.54, 1.807) is 0 Å². The minimum atomic E-state index is -0.228. The molecular weight excluding hydrogens is 674 g/mol. The molecule has 2 aromatic carbocycles. The van der Waals surface area contributed by atoms with Gasteiger partial charge in [0.2, 0.25) is 0 Å². The van der Waals surface area contributed by atoms with Gasteiger partial charge in [-0.05, 0) is 72.7 Å². The van der Waals surface area contributed by atoms with Crippen molar-refractivity contribution in [3.63, 3.8) is 0 Å². The van der Waals surface area contributed by atoms with Gasteiger partial charge in [0, 0.05) is 36.3 Å². The second-order valence-electron chi connectivity index (χ2n) is 9.55. The Morgan fingerprint density at radius 3 is 1.58 bits per heavy atom. The Kier molecular flexibility index (Phi) is 8.99. The number of phenolic OH excluding ortho intramolecular Hbond substituents is 2. The van der Waals surface area contributed by atoms with Crippen molar-refractivity contribution < 1.29 is 10.2 Å². The highest BCUT2D eigenvalue weighted by atomic mass is 127. The molecule has 33 heavy (non-hydrogen) atoms. The van der Waals surface area contributed by atoms with E-state index in [1.165, 1.54) is 36.3 Å². The Labute approximate surface area is 228 Å². The maximum absolute atomic E-state index is 10.8. The molecule has 4 nitrogen and oxygen atoms in total. The Morgan fingerprint density at radius 2 is 1.21 bits per heavy atom. The molecule has 2 aromatic rings. The molecule has 2 N–H and O–H groups in total. The molecular formula is C23H32B2I2N2O2P2. The first kappa shape index (κ1) is 26.5. The fourth-order valence-electron chi connectivity index (χ4n) is 5.42. The van der Waals surface area contributed by atoms with Crippen molar-refractivity contribution in [2.24, 2.45) is 0 Å². The summed E-state index contributed by atoms with van der Waals surface area (Å²) in [6.07, 6.45) is 4.98. The van der Waals surface area contributed by atoms with E-state index in [0.717, 1.165) is 42.0 Å². The highest BCUT2D eigenvalue weighted by Gasteiger charge is 2.41. The van der Waals surface area contributed by atoms with Crippen LogP contribution in [0.4, 0.5) is 0 Å². The normalized spacial score (nSPS) is 23.4. The third-order valence-electron chi connectivity index (χ3n) is 7.18. The number of benzene rings is 2. The average Bonchev–Trinajstić information content (AvgIpc) is 3.11. The van der Waals surface area contributed by atoms with Crippen molar-refractivity contribution in [2.75, 3.05) is 6.67 Å². The van der Waals surface area contributed by atoms with Crippen molar-refractivity contribution in [1.82, 2.24) is 9.80 Å². The number of phenols is 2. The van der Waals surface area contributed by atoms with Gasteiger partial charge in [0.05, 0.1) is 6.67 Å². The molecule has 10 heteroatoms. The van der Waals surface area contributed by atoms with Gasteiger partial charge in [0.15, 0.2) is 15.1 Å². The second kappa shape index (κ2) is 11.2. The van der Waals surface area contributed by atoms with Crippen molar-refractivity contribution in [2.45, 2.75) is 64.7 Å². The monoisotopic (exact) mass is 706 g/mol. The van der Waals surface area contributed by atoms with E-state index in [1.807, 2.05) is 13.8 Å². The molecule has 2 fully saturated rings. The third kappa shape index (κ3) is 5.88.